The number of esters is 1. The van der Waals surface area contributed by atoms with Crippen LogP contribution in [0.3, 0.4) is 0 Å². The summed E-state index contributed by atoms with van der Waals surface area (Å²) in [7, 11) is 0. The van der Waals surface area contributed by atoms with Crippen LogP contribution in [-0.2, 0) is 4.74 Å². The molecule has 1 aromatic carbocycles. The number of hydrogen-bond donors (Lipinski definition) is 0. The number of nitriles is 1. The first-order chi connectivity index (χ1) is 12.2. The second kappa shape index (κ2) is 7.49. The van der Waals surface area contributed by atoms with Crippen molar-refractivity contribution < 1.29 is 13.9 Å². The normalized spacial score (nSPS) is 10.4. The van der Waals surface area contributed by atoms with Gasteiger partial charge in [0.05, 0.1) is 30.2 Å². The number of nitrogens with zero attached hydrogens (tertiary/aromatic N) is 3. The quantitative estimate of drug-likeness (QED) is 0.503. The van der Waals surface area contributed by atoms with Crippen LogP contribution in [0.1, 0.15) is 35.8 Å². The monoisotopic (exact) mass is 335 g/mol. The van der Waals surface area contributed by atoms with Gasteiger partial charge in [-0.2, -0.15) is 10.4 Å². The lowest BCUT2D eigenvalue weighted by Gasteiger charge is -2.05. The van der Waals surface area contributed by atoms with E-state index in [2.05, 4.69) is 11.2 Å². The molecular weight excluding hydrogens is 318 g/mol. The van der Waals surface area contributed by atoms with Gasteiger partial charge in [0, 0.05) is 6.07 Å². The third kappa shape index (κ3) is 3.61. The Bertz CT molecular complexity index is 904. The molecule has 126 valence electrons. The van der Waals surface area contributed by atoms with Crippen LogP contribution in [0.2, 0.25) is 0 Å². The van der Waals surface area contributed by atoms with Crippen LogP contribution >= 0.6 is 0 Å². The highest BCUT2D eigenvalue weighted by Crippen LogP contribution is 2.25. The molecule has 25 heavy (non-hydrogen) atoms. The number of rotatable bonds is 6. The van der Waals surface area contributed by atoms with Crippen molar-refractivity contribution in [1.82, 2.24) is 9.78 Å². The van der Waals surface area contributed by atoms with Gasteiger partial charge in [0.25, 0.3) is 0 Å². The summed E-state index contributed by atoms with van der Waals surface area (Å²) in [5.41, 5.74) is 1.98. The predicted molar refractivity (Wildman–Crippen MR) is 91.2 cm³/mol. The maximum atomic E-state index is 12.2. The summed E-state index contributed by atoms with van der Waals surface area (Å²) in [4.78, 5) is 12.2. The molecule has 6 nitrogen and oxygen atoms in total. The molecular formula is C19H17N3O3. The van der Waals surface area contributed by atoms with Gasteiger partial charge in [0.15, 0.2) is 11.5 Å². The van der Waals surface area contributed by atoms with Gasteiger partial charge in [0.1, 0.15) is 5.69 Å². The summed E-state index contributed by atoms with van der Waals surface area (Å²) in [5, 5.41) is 13.5. The average molecular weight is 335 g/mol. The Balaban J connectivity index is 2.01. The van der Waals surface area contributed by atoms with Crippen LogP contribution in [0.25, 0.3) is 17.1 Å². The van der Waals surface area contributed by atoms with Gasteiger partial charge < -0.3 is 9.15 Å². The fourth-order valence-corrected chi connectivity index (χ4v) is 2.37. The van der Waals surface area contributed by atoms with Gasteiger partial charge in [-0.1, -0.05) is 19.4 Å². The Morgan fingerprint density at radius 2 is 2.20 bits per heavy atom. The maximum Gasteiger partial charge on any atom is 0.358 e. The van der Waals surface area contributed by atoms with Gasteiger partial charge in [-0.3, -0.25) is 0 Å². The lowest BCUT2D eigenvalue weighted by atomic mass is 10.2. The molecule has 6 heteroatoms. The number of benzene rings is 1. The minimum absolute atomic E-state index is 0.199. The highest BCUT2D eigenvalue weighted by molar-refractivity contribution is 5.88. The summed E-state index contributed by atoms with van der Waals surface area (Å²) in [6, 6.07) is 14.3. The van der Waals surface area contributed by atoms with Crippen molar-refractivity contribution in [1.29, 1.82) is 5.26 Å². The zero-order chi connectivity index (χ0) is 17.6. The van der Waals surface area contributed by atoms with Crippen LogP contribution < -0.4 is 0 Å². The number of carbonyl (C=O) groups is 1. The molecule has 0 fully saturated rings. The minimum atomic E-state index is -0.476. The lowest BCUT2D eigenvalue weighted by Crippen LogP contribution is -2.08. The molecule has 0 radical (unpaired) electrons. The Morgan fingerprint density at radius 3 is 2.92 bits per heavy atom. The minimum Gasteiger partial charge on any atom is -0.463 e. The molecule has 0 unspecified atom stereocenters. The smallest absolute Gasteiger partial charge is 0.358 e. The molecule has 3 aromatic rings. The number of aromatic nitrogens is 2. The zero-order valence-corrected chi connectivity index (χ0v) is 13.8. The van der Waals surface area contributed by atoms with Crippen molar-refractivity contribution in [3.63, 3.8) is 0 Å². The number of furan rings is 1. The predicted octanol–water partition coefficient (Wildman–Crippen LogP) is 3.96. The van der Waals surface area contributed by atoms with Crippen molar-refractivity contribution in [2.45, 2.75) is 19.8 Å². The molecule has 0 atom stereocenters. The Morgan fingerprint density at radius 1 is 1.32 bits per heavy atom. The first-order valence-electron chi connectivity index (χ1n) is 8.04. The van der Waals surface area contributed by atoms with Gasteiger partial charge in [-0.25, -0.2) is 9.48 Å². The second-order valence-corrected chi connectivity index (χ2v) is 5.46. The second-order valence-electron chi connectivity index (χ2n) is 5.46. The van der Waals surface area contributed by atoms with E-state index in [1.54, 1.807) is 47.3 Å². The van der Waals surface area contributed by atoms with E-state index in [1.165, 1.54) is 0 Å². The highest BCUT2D eigenvalue weighted by atomic mass is 16.5. The van der Waals surface area contributed by atoms with Crippen molar-refractivity contribution in [2.75, 3.05) is 6.61 Å². The Labute approximate surface area is 145 Å². The van der Waals surface area contributed by atoms with Crippen molar-refractivity contribution in [2.24, 2.45) is 0 Å². The van der Waals surface area contributed by atoms with Crippen LogP contribution in [0.5, 0.6) is 0 Å². The van der Waals surface area contributed by atoms with Gasteiger partial charge >= 0.3 is 5.97 Å². The van der Waals surface area contributed by atoms with E-state index in [-0.39, 0.29) is 5.69 Å². The van der Waals surface area contributed by atoms with Crippen LogP contribution in [-0.4, -0.2) is 22.4 Å². The first-order valence-corrected chi connectivity index (χ1v) is 8.04. The summed E-state index contributed by atoms with van der Waals surface area (Å²) in [6.45, 7) is 2.39. The van der Waals surface area contributed by atoms with Gasteiger partial charge in [-0.15, -0.1) is 0 Å². The lowest BCUT2D eigenvalue weighted by molar-refractivity contribution is 0.0492. The van der Waals surface area contributed by atoms with E-state index in [0.717, 1.165) is 12.8 Å². The number of hydrogen-bond acceptors (Lipinski definition) is 5. The Kier molecular flexibility index (Phi) is 4.95. The molecule has 0 aliphatic heterocycles. The van der Waals surface area contributed by atoms with Gasteiger partial charge in [-0.05, 0) is 36.8 Å². The molecule has 0 amide bonds. The van der Waals surface area contributed by atoms with Crippen molar-refractivity contribution >= 4 is 5.97 Å². The van der Waals surface area contributed by atoms with E-state index in [1.807, 2.05) is 13.0 Å². The van der Waals surface area contributed by atoms with E-state index in [9.17, 15) is 4.79 Å². The van der Waals surface area contributed by atoms with E-state index < -0.39 is 5.97 Å². The Hall–Kier alpha value is -3.33. The molecule has 0 saturated carbocycles. The topological polar surface area (TPSA) is 81.0 Å². The summed E-state index contributed by atoms with van der Waals surface area (Å²) >= 11 is 0. The van der Waals surface area contributed by atoms with Crippen LogP contribution in [0.15, 0.2) is 53.1 Å². The number of ether oxygens (including phenoxy) is 1. The molecule has 0 aliphatic carbocycles. The molecule has 0 saturated heterocycles. The number of unbranched alkanes of at least 4 members (excludes halogenated alkanes) is 1. The van der Waals surface area contributed by atoms with E-state index >= 15 is 0 Å². The summed E-state index contributed by atoms with van der Waals surface area (Å²) < 4.78 is 12.3. The summed E-state index contributed by atoms with van der Waals surface area (Å²) in [5.74, 6) is 0.0962. The van der Waals surface area contributed by atoms with Crippen molar-refractivity contribution in [3.05, 3.63) is 60.0 Å². The standard InChI is InChI=1S/C19H17N3O3/c1-2-3-9-25-19(23)16-12-17(18-8-5-10-24-18)22(21-16)15-7-4-6-14(11-15)13-20/h4-8,10-12H,2-3,9H2,1H3. The summed E-state index contributed by atoms with van der Waals surface area (Å²) in [6.07, 6.45) is 3.31. The van der Waals surface area contributed by atoms with Crippen molar-refractivity contribution in [3.8, 4) is 23.2 Å². The maximum absolute atomic E-state index is 12.2. The molecule has 2 aromatic heterocycles. The molecule has 3 rings (SSSR count). The highest BCUT2D eigenvalue weighted by Gasteiger charge is 2.19. The van der Waals surface area contributed by atoms with Crippen LogP contribution in [0, 0.1) is 11.3 Å². The SMILES string of the molecule is CCCCOC(=O)c1cc(-c2ccco2)n(-c2cccc(C#N)c2)n1. The van der Waals surface area contributed by atoms with Crippen LogP contribution in [0.4, 0.5) is 0 Å². The molecule has 0 bridgehead atoms. The largest absolute Gasteiger partial charge is 0.463 e. The first kappa shape index (κ1) is 16.5. The zero-order valence-electron chi connectivity index (χ0n) is 13.8. The fourth-order valence-electron chi connectivity index (χ4n) is 2.37. The third-order valence-corrected chi connectivity index (χ3v) is 3.64. The van der Waals surface area contributed by atoms with Gasteiger partial charge in [0.2, 0.25) is 0 Å². The fraction of sp³-hybridized carbons (Fsp3) is 0.211. The van der Waals surface area contributed by atoms with E-state index in [0.29, 0.717) is 29.3 Å². The van der Waals surface area contributed by atoms with E-state index in [4.69, 9.17) is 14.4 Å². The third-order valence-electron chi connectivity index (χ3n) is 3.64. The molecule has 0 aliphatic rings. The molecule has 0 spiro atoms. The molecule has 0 N–H and O–H groups in total. The number of carbonyl (C=O) groups excluding carboxylic acids is 1. The average Bonchev–Trinajstić information content (AvgIpc) is 3.31. The molecule has 2 heterocycles.